The summed E-state index contributed by atoms with van der Waals surface area (Å²) >= 11 is 2.00. The van der Waals surface area contributed by atoms with E-state index in [0.717, 1.165) is 4.90 Å². The van der Waals surface area contributed by atoms with Gasteiger partial charge in [0, 0.05) is 6.54 Å². The van der Waals surface area contributed by atoms with Gasteiger partial charge in [0.1, 0.15) is 11.4 Å². The fourth-order valence-corrected chi connectivity index (χ4v) is 2.59. The van der Waals surface area contributed by atoms with Crippen LogP contribution >= 0.6 is 22.6 Å². The van der Waals surface area contributed by atoms with E-state index in [1.807, 2.05) is 22.6 Å². The van der Waals surface area contributed by atoms with Gasteiger partial charge >= 0.3 is 12.0 Å². The molecule has 1 fully saturated rings. The molecule has 0 unspecified atom stereocenters. The number of nitrogens with one attached hydrogen (secondary N) is 1. The van der Waals surface area contributed by atoms with E-state index < -0.39 is 24.5 Å². The molecule has 2 N–H and O–H groups in total. The van der Waals surface area contributed by atoms with Gasteiger partial charge in [0.05, 0.1) is 3.57 Å². The van der Waals surface area contributed by atoms with Gasteiger partial charge in [-0.3, -0.25) is 9.69 Å². The van der Waals surface area contributed by atoms with Crippen molar-refractivity contribution >= 4 is 46.6 Å². The van der Waals surface area contributed by atoms with Gasteiger partial charge in [0.25, 0.3) is 5.91 Å². The topological polar surface area (TPSA) is 95.9 Å². The highest BCUT2D eigenvalue weighted by molar-refractivity contribution is 14.1. The first-order valence-corrected chi connectivity index (χ1v) is 7.60. The Morgan fingerprint density at radius 2 is 2.17 bits per heavy atom. The number of halogens is 1. The van der Waals surface area contributed by atoms with Crippen molar-refractivity contribution in [3.63, 3.8) is 0 Å². The van der Waals surface area contributed by atoms with Crippen LogP contribution in [0.5, 0.6) is 5.75 Å². The van der Waals surface area contributed by atoms with E-state index in [1.54, 1.807) is 24.3 Å². The first-order chi connectivity index (χ1) is 10.9. The molecule has 23 heavy (non-hydrogen) atoms. The summed E-state index contributed by atoms with van der Waals surface area (Å²) in [5.41, 5.74) is 0.855. The van der Waals surface area contributed by atoms with Gasteiger partial charge in [0.2, 0.25) is 0 Å². The summed E-state index contributed by atoms with van der Waals surface area (Å²) in [6.45, 7) is 3.21. The van der Waals surface area contributed by atoms with Gasteiger partial charge in [-0.05, 0) is 46.4 Å². The Balaban J connectivity index is 2.18. The van der Waals surface area contributed by atoms with Crippen LogP contribution in [0.15, 0.2) is 36.6 Å². The maximum Gasteiger partial charge on any atom is 0.341 e. The van der Waals surface area contributed by atoms with Crippen LogP contribution in [0, 0.1) is 3.57 Å². The number of benzene rings is 1. The summed E-state index contributed by atoms with van der Waals surface area (Å²) in [7, 11) is 0. The molecule has 8 heteroatoms. The van der Waals surface area contributed by atoms with Crippen molar-refractivity contribution in [3.8, 4) is 5.75 Å². The number of urea groups is 1. The molecule has 0 saturated carbocycles. The maximum atomic E-state index is 12.1. The predicted molar refractivity (Wildman–Crippen MR) is 90.7 cm³/mol. The molecule has 1 aromatic rings. The standard InChI is InChI=1S/C15H13IN2O5/c1-2-5-18-14(21)11(17-15(18)22)7-9-3-4-12(10(16)6-9)23-8-13(19)20/h2-4,6-7H,1,5,8H2,(H,17,22)(H,19,20)/b11-7+. The van der Waals surface area contributed by atoms with Crippen LogP contribution in [0.25, 0.3) is 6.08 Å². The average molecular weight is 428 g/mol. The third-order valence-corrected chi connectivity index (χ3v) is 3.74. The summed E-state index contributed by atoms with van der Waals surface area (Å²) in [5, 5.41) is 11.1. The number of carbonyl (C=O) groups is 3. The van der Waals surface area contributed by atoms with Crippen LogP contribution in [0.3, 0.4) is 0 Å². The largest absolute Gasteiger partial charge is 0.481 e. The van der Waals surface area contributed by atoms with Crippen molar-refractivity contribution in [2.75, 3.05) is 13.2 Å². The SMILES string of the molecule is C=CCN1C(=O)N/C(=C/c2ccc(OCC(=O)O)c(I)c2)C1=O. The quantitative estimate of drug-likeness (QED) is 0.312. The first-order valence-electron chi connectivity index (χ1n) is 6.52. The van der Waals surface area contributed by atoms with E-state index in [-0.39, 0.29) is 12.2 Å². The molecule has 120 valence electrons. The van der Waals surface area contributed by atoms with Crippen LogP contribution in [-0.4, -0.2) is 41.1 Å². The second kappa shape index (κ2) is 7.27. The maximum absolute atomic E-state index is 12.1. The van der Waals surface area contributed by atoms with E-state index in [4.69, 9.17) is 9.84 Å². The molecule has 0 radical (unpaired) electrons. The molecule has 1 aromatic carbocycles. The molecule has 3 amide bonds. The van der Waals surface area contributed by atoms with Crippen molar-refractivity contribution < 1.29 is 24.2 Å². The van der Waals surface area contributed by atoms with Crippen molar-refractivity contribution in [1.82, 2.24) is 10.2 Å². The summed E-state index contributed by atoms with van der Waals surface area (Å²) in [4.78, 5) is 35.3. The van der Waals surface area contributed by atoms with Gasteiger partial charge < -0.3 is 15.2 Å². The van der Waals surface area contributed by atoms with Gasteiger partial charge in [0.15, 0.2) is 6.61 Å². The number of carbonyl (C=O) groups excluding carboxylic acids is 2. The number of carboxylic acid groups (broad SMARTS) is 1. The number of aliphatic carboxylic acids is 1. The molecule has 0 aliphatic carbocycles. The van der Waals surface area contributed by atoms with E-state index >= 15 is 0 Å². The van der Waals surface area contributed by atoms with E-state index in [2.05, 4.69) is 11.9 Å². The number of rotatable bonds is 6. The summed E-state index contributed by atoms with van der Waals surface area (Å²) < 4.78 is 5.82. The van der Waals surface area contributed by atoms with Crippen LogP contribution in [0.2, 0.25) is 0 Å². The zero-order valence-electron chi connectivity index (χ0n) is 11.9. The Labute approximate surface area is 145 Å². The van der Waals surface area contributed by atoms with Crippen LogP contribution in [0.1, 0.15) is 5.56 Å². The monoisotopic (exact) mass is 428 g/mol. The Morgan fingerprint density at radius 3 is 2.78 bits per heavy atom. The number of imide groups is 1. The predicted octanol–water partition coefficient (Wildman–Crippen LogP) is 1.83. The van der Waals surface area contributed by atoms with Gasteiger partial charge in [-0.25, -0.2) is 9.59 Å². The lowest BCUT2D eigenvalue weighted by Gasteiger charge is -2.07. The van der Waals surface area contributed by atoms with Gasteiger partial charge in [-0.15, -0.1) is 6.58 Å². The molecule has 2 rings (SSSR count). The minimum absolute atomic E-state index is 0.140. The first kappa shape index (κ1) is 17.0. The molecular formula is C15H13IN2O5. The molecule has 7 nitrogen and oxygen atoms in total. The molecule has 0 atom stereocenters. The van der Waals surface area contributed by atoms with Crippen molar-refractivity contribution in [2.45, 2.75) is 0 Å². The minimum atomic E-state index is -1.06. The number of hydrogen-bond acceptors (Lipinski definition) is 4. The Hall–Kier alpha value is -2.36. The van der Waals surface area contributed by atoms with Gasteiger partial charge in [-0.1, -0.05) is 12.1 Å². The van der Waals surface area contributed by atoms with E-state index in [9.17, 15) is 14.4 Å². The zero-order valence-corrected chi connectivity index (χ0v) is 14.1. The second-order valence-corrected chi connectivity index (χ2v) is 5.73. The highest BCUT2D eigenvalue weighted by Gasteiger charge is 2.32. The zero-order chi connectivity index (χ0) is 17.0. The number of nitrogens with zero attached hydrogens (tertiary/aromatic N) is 1. The third-order valence-electron chi connectivity index (χ3n) is 2.89. The number of hydrogen-bond donors (Lipinski definition) is 2. The van der Waals surface area contributed by atoms with Gasteiger partial charge in [-0.2, -0.15) is 0 Å². The fraction of sp³-hybridized carbons (Fsp3) is 0.133. The van der Waals surface area contributed by atoms with Crippen LogP contribution < -0.4 is 10.1 Å². The fourth-order valence-electron chi connectivity index (χ4n) is 1.90. The lowest BCUT2D eigenvalue weighted by atomic mass is 10.2. The van der Waals surface area contributed by atoms with Crippen LogP contribution in [-0.2, 0) is 9.59 Å². The molecule has 0 spiro atoms. The Morgan fingerprint density at radius 1 is 1.43 bits per heavy atom. The third kappa shape index (κ3) is 4.09. The minimum Gasteiger partial charge on any atom is -0.481 e. The molecule has 1 saturated heterocycles. The molecule has 0 aromatic heterocycles. The highest BCUT2D eigenvalue weighted by Crippen LogP contribution is 2.24. The van der Waals surface area contributed by atoms with Crippen LogP contribution in [0.4, 0.5) is 4.79 Å². The molecule has 1 aliphatic rings. The Bertz CT molecular complexity index is 714. The normalized spacial score (nSPS) is 15.7. The number of ether oxygens (including phenoxy) is 1. The molecular weight excluding hydrogens is 415 g/mol. The van der Waals surface area contributed by atoms with Crippen molar-refractivity contribution in [3.05, 3.63) is 45.7 Å². The number of amides is 3. The van der Waals surface area contributed by atoms with E-state index in [0.29, 0.717) is 14.9 Å². The highest BCUT2D eigenvalue weighted by atomic mass is 127. The van der Waals surface area contributed by atoms with Crippen molar-refractivity contribution in [2.24, 2.45) is 0 Å². The Kier molecular flexibility index (Phi) is 5.37. The van der Waals surface area contributed by atoms with Crippen molar-refractivity contribution in [1.29, 1.82) is 0 Å². The van der Waals surface area contributed by atoms with E-state index in [1.165, 1.54) is 6.08 Å². The molecule has 1 heterocycles. The lowest BCUT2D eigenvalue weighted by Crippen LogP contribution is -2.30. The smallest absolute Gasteiger partial charge is 0.341 e. The number of carboxylic acids is 1. The lowest BCUT2D eigenvalue weighted by molar-refractivity contribution is -0.139. The summed E-state index contributed by atoms with van der Waals surface area (Å²) in [6, 6.07) is 4.51. The summed E-state index contributed by atoms with van der Waals surface area (Å²) in [6.07, 6.45) is 3.02. The molecule has 1 aliphatic heterocycles. The summed E-state index contributed by atoms with van der Waals surface area (Å²) in [5.74, 6) is -1.05. The average Bonchev–Trinajstić information content (AvgIpc) is 2.74. The molecule has 0 bridgehead atoms. The second-order valence-electron chi connectivity index (χ2n) is 4.56.